The summed E-state index contributed by atoms with van der Waals surface area (Å²) in [5.41, 5.74) is 0.718. The summed E-state index contributed by atoms with van der Waals surface area (Å²) in [6.45, 7) is 2.25. The number of aliphatic carboxylic acids is 1. The van der Waals surface area contributed by atoms with E-state index in [2.05, 4.69) is 20.5 Å². The predicted molar refractivity (Wildman–Crippen MR) is 69.0 cm³/mol. The van der Waals surface area contributed by atoms with E-state index in [-0.39, 0.29) is 12.3 Å². The highest BCUT2D eigenvalue weighted by Gasteiger charge is 2.16. The predicted octanol–water partition coefficient (Wildman–Crippen LogP) is 0.854. The minimum absolute atomic E-state index is 0.0623. The molecular weight excluding hydrogens is 262 g/mol. The molecule has 0 spiro atoms. The highest BCUT2D eigenvalue weighted by molar-refractivity contribution is 5.67. The van der Waals surface area contributed by atoms with Crippen LogP contribution in [0.3, 0.4) is 0 Å². The molecule has 2 heterocycles. The van der Waals surface area contributed by atoms with Gasteiger partial charge in [0.1, 0.15) is 5.75 Å². The zero-order chi connectivity index (χ0) is 14.5. The van der Waals surface area contributed by atoms with E-state index in [9.17, 15) is 4.79 Å². The second-order valence-electron chi connectivity index (χ2n) is 4.46. The quantitative estimate of drug-likeness (QED) is 0.834. The molecule has 0 aromatic carbocycles. The van der Waals surface area contributed by atoms with Crippen molar-refractivity contribution in [1.82, 2.24) is 25.2 Å². The summed E-state index contributed by atoms with van der Waals surface area (Å²) in [6, 6.07) is 1.75. The number of carboxylic acids is 1. The molecule has 20 heavy (non-hydrogen) atoms. The summed E-state index contributed by atoms with van der Waals surface area (Å²) in [6.07, 6.45) is 3.26. The van der Waals surface area contributed by atoms with E-state index in [1.165, 1.54) is 0 Å². The Morgan fingerprint density at radius 3 is 3.05 bits per heavy atom. The number of nitrogens with zero attached hydrogens (tertiary/aromatic N) is 5. The molecule has 8 heteroatoms. The second kappa shape index (κ2) is 6.09. The first-order valence-electron chi connectivity index (χ1n) is 6.08. The molecule has 0 fully saturated rings. The first-order valence-corrected chi connectivity index (χ1v) is 6.08. The van der Waals surface area contributed by atoms with Gasteiger partial charge in [-0.3, -0.25) is 9.78 Å². The number of pyridine rings is 1. The Bertz CT molecular complexity index is 598. The third-order valence-electron chi connectivity index (χ3n) is 2.78. The second-order valence-corrected chi connectivity index (χ2v) is 4.46. The van der Waals surface area contributed by atoms with E-state index < -0.39 is 5.97 Å². The van der Waals surface area contributed by atoms with Crippen molar-refractivity contribution < 1.29 is 14.6 Å². The molecule has 2 aromatic rings. The van der Waals surface area contributed by atoms with E-state index in [0.717, 1.165) is 5.56 Å². The van der Waals surface area contributed by atoms with Gasteiger partial charge >= 0.3 is 5.97 Å². The van der Waals surface area contributed by atoms with Crippen LogP contribution in [-0.2, 0) is 11.3 Å². The lowest BCUT2D eigenvalue weighted by Crippen LogP contribution is -2.14. The summed E-state index contributed by atoms with van der Waals surface area (Å²) in [5, 5.41) is 20.3. The highest BCUT2D eigenvalue weighted by Crippen LogP contribution is 2.26. The van der Waals surface area contributed by atoms with E-state index in [1.54, 1.807) is 30.3 Å². The lowest BCUT2D eigenvalue weighted by molar-refractivity contribution is -0.138. The van der Waals surface area contributed by atoms with E-state index in [4.69, 9.17) is 9.84 Å². The standard InChI is InChI=1S/C12H15N5O3/c1-8(5-11(18)19)7-17-12(14-15-16-17)9-3-4-13-6-10(9)20-2/h3-4,6,8H,5,7H2,1-2H3,(H,18,19). The molecule has 0 aliphatic heterocycles. The molecular formula is C12H15N5O3. The normalized spacial score (nSPS) is 12.1. The number of hydrogen-bond donors (Lipinski definition) is 1. The van der Waals surface area contributed by atoms with Crippen LogP contribution in [0.15, 0.2) is 18.5 Å². The van der Waals surface area contributed by atoms with Gasteiger partial charge in [0.25, 0.3) is 0 Å². The van der Waals surface area contributed by atoms with Crippen LogP contribution in [0, 0.1) is 5.92 Å². The molecule has 0 saturated heterocycles. The van der Waals surface area contributed by atoms with Gasteiger partial charge in [-0.15, -0.1) is 5.10 Å². The molecule has 1 atom stereocenters. The maximum atomic E-state index is 10.7. The van der Waals surface area contributed by atoms with Crippen molar-refractivity contribution in [1.29, 1.82) is 0 Å². The molecule has 106 valence electrons. The molecule has 8 nitrogen and oxygen atoms in total. The molecule has 2 rings (SSSR count). The van der Waals surface area contributed by atoms with Crippen LogP contribution in [0.1, 0.15) is 13.3 Å². The van der Waals surface area contributed by atoms with Crippen LogP contribution in [0.25, 0.3) is 11.4 Å². The fourth-order valence-corrected chi connectivity index (χ4v) is 1.91. The van der Waals surface area contributed by atoms with Crippen LogP contribution in [-0.4, -0.2) is 43.4 Å². The Labute approximate surface area is 115 Å². The number of carbonyl (C=O) groups is 1. The Morgan fingerprint density at radius 2 is 2.35 bits per heavy atom. The van der Waals surface area contributed by atoms with Gasteiger partial charge in [-0.2, -0.15) is 0 Å². The SMILES string of the molecule is COc1cnccc1-c1nnnn1CC(C)CC(=O)O. The Morgan fingerprint density at radius 1 is 1.55 bits per heavy atom. The van der Waals surface area contributed by atoms with Crippen LogP contribution >= 0.6 is 0 Å². The maximum Gasteiger partial charge on any atom is 0.303 e. The van der Waals surface area contributed by atoms with Gasteiger partial charge in [0.05, 0.1) is 18.9 Å². The van der Waals surface area contributed by atoms with Crippen molar-refractivity contribution in [2.75, 3.05) is 7.11 Å². The van der Waals surface area contributed by atoms with Crippen molar-refractivity contribution in [3.8, 4) is 17.1 Å². The third kappa shape index (κ3) is 3.08. The largest absolute Gasteiger partial charge is 0.494 e. The van der Waals surface area contributed by atoms with Crippen LogP contribution in [0.2, 0.25) is 0 Å². The first-order chi connectivity index (χ1) is 9.61. The average molecular weight is 277 g/mol. The molecule has 0 amide bonds. The van der Waals surface area contributed by atoms with Gasteiger partial charge in [-0.25, -0.2) is 4.68 Å². The maximum absolute atomic E-state index is 10.7. The fraction of sp³-hybridized carbons (Fsp3) is 0.417. The summed E-state index contributed by atoms with van der Waals surface area (Å²) in [5.74, 6) is 0.173. The summed E-state index contributed by atoms with van der Waals surface area (Å²) in [7, 11) is 1.54. The van der Waals surface area contributed by atoms with Gasteiger partial charge in [0.15, 0.2) is 5.82 Å². The number of aromatic nitrogens is 5. The molecule has 0 radical (unpaired) electrons. The number of hydrogen-bond acceptors (Lipinski definition) is 6. The topological polar surface area (TPSA) is 103 Å². The summed E-state index contributed by atoms with van der Waals surface area (Å²) in [4.78, 5) is 14.7. The zero-order valence-electron chi connectivity index (χ0n) is 11.2. The molecule has 2 aromatic heterocycles. The zero-order valence-corrected chi connectivity index (χ0v) is 11.2. The minimum atomic E-state index is -0.839. The fourth-order valence-electron chi connectivity index (χ4n) is 1.91. The third-order valence-corrected chi connectivity index (χ3v) is 2.78. The number of carboxylic acid groups (broad SMARTS) is 1. The molecule has 1 N–H and O–H groups in total. The number of ether oxygens (including phenoxy) is 1. The number of rotatable bonds is 6. The lowest BCUT2D eigenvalue weighted by Gasteiger charge is -2.11. The minimum Gasteiger partial charge on any atom is -0.494 e. The van der Waals surface area contributed by atoms with Crippen molar-refractivity contribution >= 4 is 5.97 Å². The number of methoxy groups -OCH3 is 1. The van der Waals surface area contributed by atoms with Crippen LogP contribution < -0.4 is 4.74 Å². The Kier molecular flexibility index (Phi) is 4.24. The Balaban J connectivity index is 2.26. The smallest absolute Gasteiger partial charge is 0.303 e. The molecule has 0 saturated carbocycles. The van der Waals surface area contributed by atoms with Gasteiger partial charge in [-0.1, -0.05) is 6.92 Å². The van der Waals surface area contributed by atoms with E-state index >= 15 is 0 Å². The van der Waals surface area contributed by atoms with Gasteiger partial charge in [-0.05, 0) is 22.4 Å². The van der Waals surface area contributed by atoms with Gasteiger partial charge < -0.3 is 9.84 Å². The lowest BCUT2D eigenvalue weighted by atomic mass is 10.1. The van der Waals surface area contributed by atoms with E-state index in [1.807, 2.05) is 6.92 Å². The van der Waals surface area contributed by atoms with Crippen molar-refractivity contribution in [2.45, 2.75) is 19.9 Å². The van der Waals surface area contributed by atoms with Gasteiger partial charge in [0.2, 0.25) is 0 Å². The highest BCUT2D eigenvalue weighted by atomic mass is 16.5. The molecule has 0 aliphatic rings. The van der Waals surface area contributed by atoms with Crippen molar-refractivity contribution in [3.05, 3.63) is 18.5 Å². The first kappa shape index (κ1) is 13.9. The van der Waals surface area contributed by atoms with Crippen LogP contribution in [0.4, 0.5) is 0 Å². The van der Waals surface area contributed by atoms with Gasteiger partial charge in [0, 0.05) is 19.2 Å². The average Bonchev–Trinajstić information content (AvgIpc) is 2.85. The number of tetrazole rings is 1. The molecule has 1 unspecified atom stereocenters. The monoisotopic (exact) mass is 277 g/mol. The molecule has 0 aliphatic carbocycles. The van der Waals surface area contributed by atoms with Crippen molar-refractivity contribution in [3.63, 3.8) is 0 Å². The Hall–Kier alpha value is -2.51. The molecule has 0 bridgehead atoms. The van der Waals surface area contributed by atoms with E-state index in [0.29, 0.717) is 18.1 Å². The van der Waals surface area contributed by atoms with Crippen LogP contribution in [0.5, 0.6) is 5.75 Å². The summed E-state index contributed by atoms with van der Waals surface area (Å²) < 4.78 is 6.80. The summed E-state index contributed by atoms with van der Waals surface area (Å²) >= 11 is 0. The van der Waals surface area contributed by atoms with Crippen molar-refractivity contribution in [2.24, 2.45) is 5.92 Å².